The summed E-state index contributed by atoms with van der Waals surface area (Å²) in [6.07, 6.45) is 1.37. The van der Waals surface area contributed by atoms with Crippen molar-refractivity contribution in [2.45, 2.75) is 39.7 Å². The average Bonchev–Trinajstić information content (AvgIpc) is 2.15. The van der Waals surface area contributed by atoms with Crippen LogP contribution in [0.1, 0.15) is 33.6 Å². The lowest BCUT2D eigenvalue weighted by atomic mass is 10.1. The van der Waals surface area contributed by atoms with E-state index in [4.69, 9.17) is 17.2 Å². The Bertz CT molecular complexity index is 176. The van der Waals surface area contributed by atoms with E-state index in [9.17, 15) is 4.79 Å². The predicted octanol–water partition coefficient (Wildman–Crippen LogP) is -0.0175. The molecule has 0 spiro atoms. The highest BCUT2D eigenvalue weighted by Crippen LogP contribution is 1.95. The third-order valence-electron chi connectivity index (χ3n) is 1.49. The van der Waals surface area contributed by atoms with Crippen LogP contribution < -0.4 is 17.2 Å². The van der Waals surface area contributed by atoms with Crippen molar-refractivity contribution in [1.82, 2.24) is 0 Å². The smallest absolute Gasteiger partial charge is 0.185 e. The Hall–Kier alpha value is -1.10. The summed E-state index contributed by atoms with van der Waals surface area (Å²) < 4.78 is 0. The van der Waals surface area contributed by atoms with Crippen LogP contribution in [-0.2, 0) is 4.79 Å². The lowest BCUT2D eigenvalue weighted by Gasteiger charge is -2.04. The van der Waals surface area contributed by atoms with Gasteiger partial charge in [0.25, 0.3) is 0 Å². The van der Waals surface area contributed by atoms with Gasteiger partial charge in [0.05, 0.1) is 6.04 Å². The van der Waals surface area contributed by atoms with Crippen molar-refractivity contribution in [3.05, 3.63) is 0 Å². The SMILES string of the molecule is CC.CC(=O)[C@@H](N)CCCN=C(N)N. The summed E-state index contributed by atoms with van der Waals surface area (Å²) in [4.78, 5) is 14.4. The first kappa shape index (κ1) is 15.4. The van der Waals surface area contributed by atoms with Gasteiger partial charge in [-0.05, 0) is 19.8 Å². The number of carbonyl (C=O) groups is 1. The number of ketones is 1. The van der Waals surface area contributed by atoms with Gasteiger partial charge in [-0.15, -0.1) is 0 Å². The van der Waals surface area contributed by atoms with E-state index in [2.05, 4.69) is 4.99 Å². The topological polar surface area (TPSA) is 107 Å². The molecular formula is C9H22N4O. The van der Waals surface area contributed by atoms with Crippen molar-refractivity contribution in [2.75, 3.05) is 6.54 Å². The van der Waals surface area contributed by atoms with E-state index in [1.54, 1.807) is 0 Å². The number of aliphatic imine (C=N–C) groups is 1. The summed E-state index contributed by atoms with van der Waals surface area (Å²) in [7, 11) is 0. The van der Waals surface area contributed by atoms with Crippen molar-refractivity contribution in [2.24, 2.45) is 22.2 Å². The lowest BCUT2D eigenvalue weighted by molar-refractivity contribution is -0.118. The number of carbonyl (C=O) groups excluding carboxylic acids is 1. The maximum atomic E-state index is 10.7. The quantitative estimate of drug-likeness (QED) is 0.331. The molecule has 0 fully saturated rings. The Balaban J connectivity index is 0. The van der Waals surface area contributed by atoms with E-state index >= 15 is 0 Å². The van der Waals surface area contributed by atoms with E-state index in [0.29, 0.717) is 13.0 Å². The molecule has 0 bridgehead atoms. The molecule has 0 amide bonds. The number of nitrogens with two attached hydrogens (primary N) is 3. The summed E-state index contributed by atoms with van der Waals surface area (Å²) in [5, 5.41) is 0. The number of hydrogen-bond acceptors (Lipinski definition) is 3. The summed E-state index contributed by atoms with van der Waals surface area (Å²) in [5.74, 6) is 0.0751. The van der Waals surface area contributed by atoms with Gasteiger partial charge in [0, 0.05) is 6.54 Å². The molecule has 0 aromatic carbocycles. The van der Waals surface area contributed by atoms with E-state index in [-0.39, 0.29) is 17.8 Å². The Morgan fingerprint density at radius 3 is 2.21 bits per heavy atom. The Morgan fingerprint density at radius 1 is 1.36 bits per heavy atom. The highest BCUT2D eigenvalue weighted by molar-refractivity contribution is 5.81. The van der Waals surface area contributed by atoms with Gasteiger partial charge < -0.3 is 17.2 Å². The largest absolute Gasteiger partial charge is 0.370 e. The molecule has 6 N–H and O–H groups in total. The first-order valence-electron chi connectivity index (χ1n) is 4.85. The fourth-order valence-electron chi connectivity index (χ4n) is 0.723. The number of Topliss-reactive ketones (excluding diaryl/α,β-unsaturated/α-hetero) is 1. The van der Waals surface area contributed by atoms with Gasteiger partial charge in [-0.2, -0.15) is 0 Å². The van der Waals surface area contributed by atoms with Gasteiger partial charge >= 0.3 is 0 Å². The zero-order chi connectivity index (χ0) is 11.6. The molecule has 0 radical (unpaired) electrons. The third-order valence-corrected chi connectivity index (χ3v) is 1.49. The van der Waals surface area contributed by atoms with Crippen molar-refractivity contribution in [3.63, 3.8) is 0 Å². The molecule has 0 unspecified atom stereocenters. The monoisotopic (exact) mass is 202 g/mol. The van der Waals surface area contributed by atoms with Crippen LogP contribution in [0.2, 0.25) is 0 Å². The van der Waals surface area contributed by atoms with E-state index in [1.165, 1.54) is 6.92 Å². The summed E-state index contributed by atoms with van der Waals surface area (Å²) in [5.41, 5.74) is 15.7. The van der Waals surface area contributed by atoms with Crippen molar-refractivity contribution < 1.29 is 4.79 Å². The molecule has 84 valence electrons. The molecule has 0 saturated carbocycles. The van der Waals surface area contributed by atoms with Crippen molar-refractivity contribution in [1.29, 1.82) is 0 Å². The van der Waals surface area contributed by atoms with Gasteiger partial charge in [0.2, 0.25) is 0 Å². The van der Waals surface area contributed by atoms with E-state index in [0.717, 1.165) is 6.42 Å². The zero-order valence-corrected chi connectivity index (χ0v) is 9.29. The van der Waals surface area contributed by atoms with Gasteiger partial charge in [0.1, 0.15) is 5.78 Å². The molecule has 0 heterocycles. The van der Waals surface area contributed by atoms with E-state index < -0.39 is 0 Å². The molecule has 0 aliphatic rings. The molecular weight excluding hydrogens is 180 g/mol. The first-order valence-corrected chi connectivity index (χ1v) is 4.85. The van der Waals surface area contributed by atoms with Gasteiger partial charge in [-0.25, -0.2) is 0 Å². The molecule has 5 nitrogen and oxygen atoms in total. The lowest BCUT2D eigenvalue weighted by Crippen LogP contribution is -2.28. The van der Waals surface area contributed by atoms with E-state index in [1.807, 2.05) is 13.8 Å². The average molecular weight is 202 g/mol. The minimum Gasteiger partial charge on any atom is -0.370 e. The van der Waals surface area contributed by atoms with Crippen LogP contribution >= 0.6 is 0 Å². The van der Waals surface area contributed by atoms with Crippen LogP contribution in [0.5, 0.6) is 0 Å². The number of nitrogens with zero attached hydrogens (tertiary/aromatic N) is 1. The standard InChI is InChI=1S/C7H16N4O.C2H6/c1-5(12)6(8)3-2-4-11-7(9)10;1-2/h6H,2-4,8H2,1H3,(H4,9,10,11);1-2H3/t6-;/m0./s1. The summed E-state index contributed by atoms with van der Waals surface area (Å²) in [6, 6.07) is -0.376. The number of rotatable bonds is 5. The zero-order valence-electron chi connectivity index (χ0n) is 9.29. The maximum Gasteiger partial charge on any atom is 0.185 e. The van der Waals surface area contributed by atoms with Crippen molar-refractivity contribution >= 4 is 11.7 Å². The fraction of sp³-hybridized carbons (Fsp3) is 0.778. The van der Waals surface area contributed by atoms with Crippen LogP contribution in [0.3, 0.4) is 0 Å². The number of hydrogen-bond donors (Lipinski definition) is 3. The number of guanidine groups is 1. The van der Waals surface area contributed by atoms with Gasteiger partial charge in [-0.3, -0.25) is 9.79 Å². The third kappa shape index (κ3) is 10.9. The highest BCUT2D eigenvalue weighted by atomic mass is 16.1. The second-order valence-corrected chi connectivity index (χ2v) is 2.67. The second kappa shape index (κ2) is 9.98. The Labute approximate surface area is 85.7 Å². The maximum absolute atomic E-state index is 10.7. The first-order chi connectivity index (χ1) is 6.54. The van der Waals surface area contributed by atoms with Crippen LogP contribution in [0.15, 0.2) is 4.99 Å². The molecule has 5 heteroatoms. The second-order valence-electron chi connectivity index (χ2n) is 2.67. The summed E-state index contributed by atoms with van der Waals surface area (Å²) in [6.45, 7) is 6.01. The molecule has 0 aromatic rings. The van der Waals surface area contributed by atoms with Crippen molar-refractivity contribution in [3.8, 4) is 0 Å². The molecule has 1 atom stereocenters. The molecule has 0 aliphatic heterocycles. The fourth-order valence-corrected chi connectivity index (χ4v) is 0.723. The highest BCUT2D eigenvalue weighted by Gasteiger charge is 2.05. The van der Waals surface area contributed by atoms with Gasteiger partial charge in [0.15, 0.2) is 5.96 Å². The molecule has 0 rings (SSSR count). The van der Waals surface area contributed by atoms with Crippen LogP contribution in [0.25, 0.3) is 0 Å². The predicted molar refractivity (Wildman–Crippen MR) is 59.9 cm³/mol. The molecule has 0 aliphatic carbocycles. The van der Waals surface area contributed by atoms with Crippen LogP contribution in [-0.4, -0.2) is 24.3 Å². The molecule has 0 aromatic heterocycles. The minimum absolute atomic E-state index is 0.000278. The normalized spacial score (nSPS) is 10.9. The minimum atomic E-state index is -0.376. The van der Waals surface area contributed by atoms with Crippen LogP contribution in [0.4, 0.5) is 0 Å². The Morgan fingerprint density at radius 2 is 1.86 bits per heavy atom. The molecule has 14 heavy (non-hydrogen) atoms. The molecule has 0 saturated heterocycles. The van der Waals surface area contributed by atoms with Crippen LogP contribution in [0, 0.1) is 0 Å². The Kier molecular flexibility index (Phi) is 11.0. The van der Waals surface area contributed by atoms with Gasteiger partial charge in [-0.1, -0.05) is 13.8 Å². The summed E-state index contributed by atoms with van der Waals surface area (Å²) >= 11 is 0.